The summed E-state index contributed by atoms with van der Waals surface area (Å²) in [5.74, 6) is 0.987. The summed E-state index contributed by atoms with van der Waals surface area (Å²) in [7, 11) is 0. The van der Waals surface area contributed by atoms with Gasteiger partial charge in [0.05, 0.1) is 5.69 Å². The predicted octanol–water partition coefficient (Wildman–Crippen LogP) is 3.33. The molecule has 1 N–H and O–H groups in total. The van der Waals surface area contributed by atoms with Crippen molar-refractivity contribution in [3.8, 4) is 11.3 Å². The molecule has 0 bridgehead atoms. The van der Waals surface area contributed by atoms with E-state index in [9.17, 15) is 4.39 Å². The zero-order valence-corrected chi connectivity index (χ0v) is 13.0. The number of nitrogens with zero attached hydrogens (tertiary/aromatic N) is 2. The van der Waals surface area contributed by atoms with E-state index in [1.807, 2.05) is 17.8 Å². The Morgan fingerprint density at radius 3 is 3.05 bits per heavy atom. The lowest BCUT2D eigenvalue weighted by Gasteiger charge is -2.26. The molecular weight excluding hydrogens is 285 g/mol. The van der Waals surface area contributed by atoms with Gasteiger partial charge in [-0.3, -0.25) is 10.00 Å². The fraction of sp³-hybridized carbons (Fsp3) is 0.438. The molecule has 0 fully saturated rings. The molecule has 3 rings (SSSR count). The maximum absolute atomic E-state index is 14.0. The lowest BCUT2D eigenvalue weighted by molar-refractivity contribution is 0.255. The Kier molecular flexibility index (Phi) is 4.60. The molecule has 0 unspecified atom stereocenters. The van der Waals surface area contributed by atoms with Crippen LogP contribution in [-0.2, 0) is 13.0 Å². The van der Waals surface area contributed by atoms with Crippen molar-refractivity contribution in [1.29, 1.82) is 0 Å². The van der Waals surface area contributed by atoms with Crippen LogP contribution in [0, 0.1) is 5.82 Å². The largest absolute Gasteiger partial charge is 0.299 e. The lowest BCUT2D eigenvalue weighted by atomic mass is 10.0. The van der Waals surface area contributed by atoms with E-state index in [4.69, 9.17) is 0 Å². The van der Waals surface area contributed by atoms with Gasteiger partial charge in [-0.25, -0.2) is 4.39 Å². The van der Waals surface area contributed by atoms with E-state index in [0.717, 1.165) is 43.0 Å². The average molecular weight is 305 g/mol. The van der Waals surface area contributed by atoms with Crippen LogP contribution in [-0.4, -0.2) is 40.2 Å². The first kappa shape index (κ1) is 14.6. The van der Waals surface area contributed by atoms with E-state index in [-0.39, 0.29) is 5.82 Å². The number of aromatic amines is 1. The molecular formula is C16H20FN3S. The van der Waals surface area contributed by atoms with Crippen molar-refractivity contribution in [3.05, 3.63) is 41.3 Å². The van der Waals surface area contributed by atoms with Gasteiger partial charge in [-0.15, -0.1) is 0 Å². The van der Waals surface area contributed by atoms with Crippen LogP contribution >= 0.6 is 11.8 Å². The number of hydrogen-bond donors (Lipinski definition) is 1. The number of benzene rings is 1. The molecule has 112 valence electrons. The molecule has 1 aromatic heterocycles. The predicted molar refractivity (Wildman–Crippen MR) is 86.0 cm³/mol. The number of halogens is 1. The molecule has 2 heterocycles. The summed E-state index contributed by atoms with van der Waals surface area (Å²) in [5, 5.41) is 7.46. The maximum atomic E-state index is 14.0. The van der Waals surface area contributed by atoms with Crippen LogP contribution < -0.4 is 0 Å². The van der Waals surface area contributed by atoms with Crippen LogP contribution in [0.15, 0.2) is 24.3 Å². The zero-order chi connectivity index (χ0) is 14.7. The van der Waals surface area contributed by atoms with Crippen molar-refractivity contribution in [1.82, 2.24) is 15.1 Å². The van der Waals surface area contributed by atoms with Gasteiger partial charge in [-0.2, -0.15) is 16.9 Å². The molecule has 3 nitrogen and oxygen atoms in total. The highest BCUT2D eigenvalue weighted by molar-refractivity contribution is 7.98. The standard InChI is InChI=1S/C16H20FN3S/c1-21-10-4-8-20-9-7-15-13(11-20)16(19-18-15)12-5-2-3-6-14(12)17/h2-3,5-6H,4,7-11H2,1H3,(H,18,19). The number of fused-ring (bicyclic) bond motifs is 1. The summed E-state index contributed by atoms with van der Waals surface area (Å²) < 4.78 is 14.0. The Labute approximate surface area is 128 Å². The first-order valence-corrected chi connectivity index (χ1v) is 8.71. The van der Waals surface area contributed by atoms with Gasteiger partial charge >= 0.3 is 0 Å². The third-order valence-electron chi connectivity index (χ3n) is 3.96. The minimum atomic E-state index is -0.202. The summed E-state index contributed by atoms with van der Waals surface area (Å²) in [6.45, 7) is 3.02. The number of H-pyrrole nitrogens is 1. The fourth-order valence-electron chi connectivity index (χ4n) is 2.85. The van der Waals surface area contributed by atoms with Gasteiger partial charge in [0, 0.05) is 36.3 Å². The van der Waals surface area contributed by atoms with E-state index in [1.54, 1.807) is 12.1 Å². The van der Waals surface area contributed by atoms with Crippen molar-refractivity contribution in [3.63, 3.8) is 0 Å². The molecule has 0 saturated heterocycles. The number of rotatable bonds is 5. The molecule has 0 radical (unpaired) electrons. The Hall–Kier alpha value is -1.33. The summed E-state index contributed by atoms with van der Waals surface area (Å²) in [4.78, 5) is 2.44. The molecule has 1 aliphatic rings. The van der Waals surface area contributed by atoms with Gasteiger partial charge in [0.1, 0.15) is 5.82 Å². The first-order valence-electron chi connectivity index (χ1n) is 7.32. The van der Waals surface area contributed by atoms with Crippen LogP contribution in [0.4, 0.5) is 4.39 Å². The van der Waals surface area contributed by atoms with E-state index in [2.05, 4.69) is 21.4 Å². The van der Waals surface area contributed by atoms with E-state index in [0.29, 0.717) is 5.56 Å². The Bertz CT molecular complexity index is 611. The van der Waals surface area contributed by atoms with Crippen LogP contribution in [0.25, 0.3) is 11.3 Å². The molecule has 5 heteroatoms. The molecule has 0 saturated carbocycles. The molecule has 21 heavy (non-hydrogen) atoms. The smallest absolute Gasteiger partial charge is 0.132 e. The third-order valence-corrected chi connectivity index (χ3v) is 4.66. The number of thioether (sulfide) groups is 1. The monoisotopic (exact) mass is 305 g/mol. The fourth-order valence-corrected chi connectivity index (χ4v) is 3.27. The molecule has 0 spiro atoms. The number of nitrogens with one attached hydrogen (secondary N) is 1. The summed E-state index contributed by atoms with van der Waals surface area (Å²) in [6.07, 6.45) is 4.31. The van der Waals surface area contributed by atoms with E-state index >= 15 is 0 Å². The first-order chi connectivity index (χ1) is 10.3. The lowest BCUT2D eigenvalue weighted by Crippen LogP contribution is -2.31. The Balaban J connectivity index is 1.81. The highest BCUT2D eigenvalue weighted by atomic mass is 32.2. The Morgan fingerprint density at radius 1 is 1.38 bits per heavy atom. The van der Waals surface area contributed by atoms with Gasteiger partial charge in [-0.1, -0.05) is 12.1 Å². The van der Waals surface area contributed by atoms with Crippen molar-refractivity contribution in [2.24, 2.45) is 0 Å². The number of hydrogen-bond acceptors (Lipinski definition) is 3. The minimum Gasteiger partial charge on any atom is -0.299 e. The van der Waals surface area contributed by atoms with E-state index < -0.39 is 0 Å². The van der Waals surface area contributed by atoms with Crippen LogP contribution in [0.5, 0.6) is 0 Å². The molecule has 0 aliphatic carbocycles. The quantitative estimate of drug-likeness (QED) is 0.860. The van der Waals surface area contributed by atoms with Gasteiger partial charge in [0.2, 0.25) is 0 Å². The van der Waals surface area contributed by atoms with Crippen LogP contribution in [0.3, 0.4) is 0 Å². The number of aromatic nitrogens is 2. The molecule has 0 amide bonds. The molecule has 1 aliphatic heterocycles. The van der Waals surface area contributed by atoms with Crippen molar-refractivity contribution in [2.75, 3.05) is 25.1 Å². The maximum Gasteiger partial charge on any atom is 0.132 e. The highest BCUT2D eigenvalue weighted by Gasteiger charge is 2.23. The molecule has 0 atom stereocenters. The second-order valence-electron chi connectivity index (χ2n) is 5.38. The van der Waals surface area contributed by atoms with Gasteiger partial charge in [0.15, 0.2) is 0 Å². The average Bonchev–Trinajstić information content (AvgIpc) is 2.91. The summed E-state index contributed by atoms with van der Waals surface area (Å²) >= 11 is 1.88. The third kappa shape index (κ3) is 3.14. The van der Waals surface area contributed by atoms with Crippen molar-refractivity contribution >= 4 is 11.8 Å². The Morgan fingerprint density at radius 2 is 2.24 bits per heavy atom. The highest BCUT2D eigenvalue weighted by Crippen LogP contribution is 2.29. The molecule has 1 aromatic carbocycles. The topological polar surface area (TPSA) is 31.9 Å². The van der Waals surface area contributed by atoms with Crippen molar-refractivity contribution < 1.29 is 4.39 Å². The second kappa shape index (κ2) is 6.62. The van der Waals surface area contributed by atoms with Crippen LogP contribution in [0.1, 0.15) is 17.7 Å². The van der Waals surface area contributed by atoms with Crippen LogP contribution in [0.2, 0.25) is 0 Å². The minimum absolute atomic E-state index is 0.202. The second-order valence-corrected chi connectivity index (χ2v) is 6.37. The SMILES string of the molecule is CSCCCN1CCc2[nH]nc(-c3ccccc3F)c2C1. The zero-order valence-electron chi connectivity index (χ0n) is 12.2. The van der Waals surface area contributed by atoms with Gasteiger partial charge in [0.25, 0.3) is 0 Å². The van der Waals surface area contributed by atoms with Crippen molar-refractivity contribution in [2.45, 2.75) is 19.4 Å². The van der Waals surface area contributed by atoms with Gasteiger partial charge in [-0.05, 0) is 37.1 Å². The summed E-state index contributed by atoms with van der Waals surface area (Å²) in [5.41, 5.74) is 3.70. The molecule has 2 aromatic rings. The van der Waals surface area contributed by atoms with E-state index in [1.165, 1.54) is 18.2 Å². The normalized spacial score (nSPS) is 15.1. The van der Waals surface area contributed by atoms with Gasteiger partial charge < -0.3 is 0 Å². The summed E-state index contributed by atoms with van der Waals surface area (Å²) in [6, 6.07) is 6.87.